The minimum atomic E-state index is -0.115. The third-order valence-electron chi connectivity index (χ3n) is 3.51. The van der Waals surface area contributed by atoms with Crippen LogP contribution in [0.15, 0.2) is 71.3 Å². The molecule has 0 atom stereocenters. The minimum absolute atomic E-state index is 0.115. The lowest BCUT2D eigenvalue weighted by Gasteiger charge is -1.97. The Morgan fingerprint density at radius 1 is 0.952 bits per heavy atom. The lowest BCUT2D eigenvalue weighted by atomic mass is 10.1. The van der Waals surface area contributed by atoms with Gasteiger partial charge in [-0.05, 0) is 18.2 Å². The van der Waals surface area contributed by atoms with E-state index >= 15 is 0 Å². The minimum Gasteiger partial charge on any atom is -0.452 e. The van der Waals surface area contributed by atoms with Gasteiger partial charge in [-0.25, -0.2) is 0 Å². The Hall–Kier alpha value is -2.94. The van der Waals surface area contributed by atoms with Crippen LogP contribution in [0.25, 0.3) is 21.9 Å². The molecular weight excluding hydrogens is 262 g/mol. The molecule has 0 aliphatic carbocycles. The second-order valence-electron chi connectivity index (χ2n) is 4.87. The lowest BCUT2D eigenvalue weighted by molar-refractivity contribution is 0.101. The van der Waals surface area contributed by atoms with Gasteiger partial charge < -0.3 is 4.42 Å². The van der Waals surface area contributed by atoms with E-state index < -0.39 is 0 Å². The van der Waals surface area contributed by atoms with E-state index in [0.29, 0.717) is 16.9 Å². The maximum atomic E-state index is 12.4. The van der Waals surface area contributed by atoms with Crippen molar-refractivity contribution in [1.29, 1.82) is 0 Å². The molecule has 0 aliphatic rings. The topological polar surface area (TPSA) is 43.1 Å². The second kappa shape index (κ2) is 4.56. The third kappa shape index (κ3) is 1.91. The summed E-state index contributed by atoms with van der Waals surface area (Å²) in [6.07, 6.45) is 1.74. The van der Waals surface area contributed by atoms with E-state index in [0.717, 1.165) is 16.3 Å². The van der Waals surface area contributed by atoms with Crippen molar-refractivity contribution in [2.75, 3.05) is 0 Å². The summed E-state index contributed by atoms with van der Waals surface area (Å²) in [5.74, 6) is 0.227. The van der Waals surface area contributed by atoms with Crippen molar-refractivity contribution in [3.63, 3.8) is 0 Å². The molecule has 0 aliphatic heterocycles. The summed E-state index contributed by atoms with van der Waals surface area (Å²) < 4.78 is 5.81. The van der Waals surface area contributed by atoms with E-state index in [-0.39, 0.29) is 5.78 Å². The molecule has 2 aromatic heterocycles. The molecule has 0 fully saturated rings. The van der Waals surface area contributed by atoms with Crippen LogP contribution in [0.1, 0.15) is 16.1 Å². The van der Waals surface area contributed by atoms with Crippen LogP contribution in [0.5, 0.6) is 0 Å². The molecule has 0 amide bonds. The summed E-state index contributed by atoms with van der Waals surface area (Å²) >= 11 is 0. The molecule has 0 N–H and O–H groups in total. The molecule has 0 saturated carbocycles. The molecule has 4 aromatic rings. The number of furan rings is 1. The first kappa shape index (κ1) is 11.9. The van der Waals surface area contributed by atoms with Gasteiger partial charge in [-0.2, -0.15) is 0 Å². The van der Waals surface area contributed by atoms with Gasteiger partial charge in [0.15, 0.2) is 5.76 Å². The zero-order valence-corrected chi connectivity index (χ0v) is 11.1. The predicted molar refractivity (Wildman–Crippen MR) is 81.4 cm³/mol. The molecule has 0 radical (unpaired) electrons. The number of carbonyl (C=O) groups is 1. The van der Waals surface area contributed by atoms with Crippen LogP contribution in [0.3, 0.4) is 0 Å². The number of pyridine rings is 1. The Balaban J connectivity index is 1.91. The number of rotatable bonds is 2. The monoisotopic (exact) mass is 273 g/mol. The van der Waals surface area contributed by atoms with Crippen LogP contribution < -0.4 is 0 Å². The summed E-state index contributed by atoms with van der Waals surface area (Å²) in [6, 6.07) is 18.6. The van der Waals surface area contributed by atoms with Crippen molar-refractivity contribution in [2.45, 2.75) is 0 Å². The zero-order chi connectivity index (χ0) is 14.2. The van der Waals surface area contributed by atoms with Crippen LogP contribution in [-0.4, -0.2) is 10.8 Å². The van der Waals surface area contributed by atoms with Crippen LogP contribution in [-0.2, 0) is 0 Å². The molecule has 2 heterocycles. The van der Waals surface area contributed by atoms with Gasteiger partial charge >= 0.3 is 0 Å². The molecule has 0 unspecified atom stereocenters. The highest BCUT2D eigenvalue weighted by atomic mass is 16.3. The average molecular weight is 273 g/mol. The molecule has 3 heteroatoms. The van der Waals surface area contributed by atoms with Crippen molar-refractivity contribution in [3.8, 4) is 0 Å². The van der Waals surface area contributed by atoms with E-state index in [4.69, 9.17) is 4.42 Å². The summed E-state index contributed by atoms with van der Waals surface area (Å²) in [7, 11) is 0. The van der Waals surface area contributed by atoms with Gasteiger partial charge in [-0.1, -0.05) is 42.5 Å². The number of hydrogen-bond donors (Lipinski definition) is 0. The molecule has 4 rings (SSSR count). The van der Waals surface area contributed by atoms with Crippen molar-refractivity contribution >= 4 is 27.7 Å². The molecule has 0 bridgehead atoms. The average Bonchev–Trinajstić information content (AvgIpc) is 2.99. The summed E-state index contributed by atoms with van der Waals surface area (Å²) in [5, 5.41) is 1.76. The first-order chi connectivity index (χ1) is 10.3. The number of nitrogens with zero attached hydrogens (tertiary/aromatic N) is 1. The zero-order valence-electron chi connectivity index (χ0n) is 11.1. The highest BCUT2D eigenvalue weighted by Gasteiger charge is 2.15. The predicted octanol–water partition coefficient (Wildman–Crippen LogP) is 4.21. The van der Waals surface area contributed by atoms with E-state index in [9.17, 15) is 4.79 Å². The number of hydrogen-bond acceptors (Lipinski definition) is 3. The molecule has 21 heavy (non-hydrogen) atoms. The maximum absolute atomic E-state index is 12.4. The van der Waals surface area contributed by atoms with Gasteiger partial charge in [0.25, 0.3) is 0 Å². The van der Waals surface area contributed by atoms with Gasteiger partial charge in [0, 0.05) is 22.5 Å². The van der Waals surface area contributed by atoms with E-state index in [1.54, 1.807) is 24.4 Å². The Kier molecular flexibility index (Phi) is 2.57. The van der Waals surface area contributed by atoms with Gasteiger partial charge in [0.2, 0.25) is 5.78 Å². The number of ketones is 1. The van der Waals surface area contributed by atoms with Gasteiger partial charge in [0.05, 0.1) is 5.52 Å². The second-order valence-corrected chi connectivity index (χ2v) is 4.87. The van der Waals surface area contributed by atoms with Crippen LogP contribution in [0.2, 0.25) is 0 Å². The van der Waals surface area contributed by atoms with Gasteiger partial charge in [-0.15, -0.1) is 0 Å². The molecule has 100 valence electrons. The van der Waals surface area contributed by atoms with Crippen LogP contribution in [0.4, 0.5) is 0 Å². The quantitative estimate of drug-likeness (QED) is 0.514. The number of benzene rings is 2. The van der Waals surface area contributed by atoms with E-state index in [2.05, 4.69) is 4.98 Å². The standard InChI is InChI=1S/C18H11NO2/c20-17(12-6-2-1-3-7-12)16-10-13-11-19-15-9-5-4-8-14(15)18(13)21-16/h1-11H. The van der Waals surface area contributed by atoms with Crippen molar-refractivity contribution in [2.24, 2.45) is 0 Å². The van der Waals surface area contributed by atoms with E-state index in [1.807, 2.05) is 42.5 Å². The lowest BCUT2D eigenvalue weighted by Crippen LogP contribution is -1.98. The first-order valence-corrected chi connectivity index (χ1v) is 6.70. The van der Waals surface area contributed by atoms with E-state index in [1.165, 1.54) is 0 Å². The van der Waals surface area contributed by atoms with Crippen molar-refractivity contribution in [3.05, 3.63) is 78.2 Å². The SMILES string of the molecule is O=C(c1ccccc1)c1cc2cnc3ccccc3c2o1. The van der Waals surface area contributed by atoms with Crippen LogP contribution in [0, 0.1) is 0 Å². The largest absolute Gasteiger partial charge is 0.452 e. The number of fused-ring (bicyclic) bond motifs is 3. The smallest absolute Gasteiger partial charge is 0.228 e. The highest BCUT2D eigenvalue weighted by molar-refractivity contribution is 6.11. The Morgan fingerprint density at radius 2 is 1.71 bits per heavy atom. The molecule has 2 aromatic carbocycles. The molecule has 0 saturated heterocycles. The van der Waals surface area contributed by atoms with Crippen molar-refractivity contribution in [1.82, 2.24) is 4.98 Å². The fraction of sp³-hybridized carbons (Fsp3) is 0. The summed E-state index contributed by atoms with van der Waals surface area (Å²) in [5.41, 5.74) is 2.19. The first-order valence-electron chi connectivity index (χ1n) is 6.70. The maximum Gasteiger partial charge on any atom is 0.228 e. The Morgan fingerprint density at radius 3 is 2.57 bits per heavy atom. The number of aromatic nitrogens is 1. The fourth-order valence-corrected chi connectivity index (χ4v) is 2.47. The Labute approximate surface area is 120 Å². The normalized spacial score (nSPS) is 11.0. The van der Waals surface area contributed by atoms with Gasteiger partial charge in [-0.3, -0.25) is 9.78 Å². The summed E-state index contributed by atoms with van der Waals surface area (Å²) in [6.45, 7) is 0. The van der Waals surface area contributed by atoms with Crippen molar-refractivity contribution < 1.29 is 9.21 Å². The Bertz CT molecular complexity index is 955. The number of para-hydroxylation sites is 1. The molecule has 0 spiro atoms. The third-order valence-corrected chi connectivity index (χ3v) is 3.51. The fourth-order valence-electron chi connectivity index (χ4n) is 2.47. The van der Waals surface area contributed by atoms with Crippen LogP contribution >= 0.6 is 0 Å². The molecular formula is C18H11NO2. The van der Waals surface area contributed by atoms with Gasteiger partial charge in [0.1, 0.15) is 5.58 Å². The number of carbonyl (C=O) groups excluding carboxylic acids is 1. The summed E-state index contributed by atoms with van der Waals surface area (Å²) in [4.78, 5) is 16.8. The molecule has 3 nitrogen and oxygen atoms in total. The highest BCUT2D eigenvalue weighted by Crippen LogP contribution is 2.27.